The minimum absolute atomic E-state index is 0.106. The Hall–Kier alpha value is -0.740. The second-order valence-corrected chi connectivity index (χ2v) is 2.76. The Morgan fingerprint density at radius 2 is 2.55 bits per heavy atom. The highest BCUT2D eigenvalue weighted by atomic mass is 16.5. The Labute approximate surface area is 64.6 Å². The van der Waals surface area contributed by atoms with E-state index in [4.69, 9.17) is 4.74 Å². The zero-order chi connectivity index (χ0) is 7.68. The van der Waals surface area contributed by atoms with Crippen LogP contribution in [-0.2, 0) is 9.53 Å². The maximum Gasteiger partial charge on any atom is 0.271 e. The van der Waals surface area contributed by atoms with Crippen LogP contribution in [0.3, 0.4) is 0 Å². The van der Waals surface area contributed by atoms with Crippen molar-refractivity contribution in [1.29, 1.82) is 0 Å². The second-order valence-electron chi connectivity index (χ2n) is 2.76. The molecule has 2 heterocycles. The maximum atomic E-state index is 10.8. The van der Waals surface area contributed by atoms with Gasteiger partial charge in [0, 0.05) is 6.54 Å². The van der Waals surface area contributed by atoms with Crippen molar-refractivity contribution >= 4 is 11.6 Å². The first-order valence-corrected chi connectivity index (χ1v) is 3.79. The van der Waals surface area contributed by atoms with E-state index in [2.05, 4.69) is 10.3 Å². The molecule has 2 aliphatic heterocycles. The van der Waals surface area contributed by atoms with Crippen molar-refractivity contribution in [3.8, 4) is 0 Å². The number of piperidine rings is 1. The standard InChI is InChI=1S/C7H10N2O2/c10-7-4-11-6-1-2-8-3-5(6)9-7/h6,8H,1-4H2. The average Bonchev–Trinajstić information content (AvgIpc) is 2.04. The van der Waals surface area contributed by atoms with Crippen molar-refractivity contribution in [1.82, 2.24) is 5.32 Å². The lowest BCUT2D eigenvalue weighted by Gasteiger charge is -2.27. The molecular formula is C7H10N2O2. The molecule has 2 rings (SSSR count). The van der Waals surface area contributed by atoms with E-state index in [-0.39, 0.29) is 18.6 Å². The molecular weight excluding hydrogens is 144 g/mol. The fourth-order valence-corrected chi connectivity index (χ4v) is 1.39. The molecule has 2 aliphatic rings. The van der Waals surface area contributed by atoms with Gasteiger partial charge in [-0.2, -0.15) is 0 Å². The molecule has 1 unspecified atom stereocenters. The Balaban J connectivity index is 2.16. The van der Waals surface area contributed by atoms with Crippen LogP contribution >= 0.6 is 0 Å². The van der Waals surface area contributed by atoms with E-state index in [1.165, 1.54) is 0 Å². The second kappa shape index (κ2) is 2.71. The minimum Gasteiger partial charge on any atom is -0.362 e. The number of rotatable bonds is 0. The smallest absolute Gasteiger partial charge is 0.271 e. The molecule has 1 fully saturated rings. The zero-order valence-electron chi connectivity index (χ0n) is 6.17. The third kappa shape index (κ3) is 1.32. The van der Waals surface area contributed by atoms with Gasteiger partial charge in [-0.15, -0.1) is 0 Å². The highest BCUT2D eigenvalue weighted by molar-refractivity contribution is 6.01. The van der Waals surface area contributed by atoms with Gasteiger partial charge in [0.25, 0.3) is 5.91 Å². The summed E-state index contributed by atoms with van der Waals surface area (Å²) in [5, 5.41) is 3.14. The van der Waals surface area contributed by atoms with Crippen LogP contribution in [0.25, 0.3) is 0 Å². The average molecular weight is 154 g/mol. The molecule has 0 aromatic heterocycles. The summed E-state index contributed by atoms with van der Waals surface area (Å²) in [6.45, 7) is 1.82. The summed E-state index contributed by atoms with van der Waals surface area (Å²) < 4.78 is 5.27. The molecule has 60 valence electrons. The van der Waals surface area contributed by atoms with Crippen molar-refractivity contribution in [2.45, 2.75) is 12.5 Å². The van der Waals surface area contributed by atoms with Crippen LogP contribution in [0, 0.1) is 0 Å². The van der Waals surface area contributed by atoms with Crippen molar-refractivity contribution < 1.29 is 9.53 Å². The molecule has 1 atom stereocenters. The minimum atomic E-state index is -0.153. The van der Waals surface area contributed by atoms with Gasteiger partial charge in [0.1, 0.15) is 6.61 Å². The maximum absolute atomic E-state index is 10.8. The number of nitrogens with zero attached hydrogens (tertiary/aromatic N) is 1. The van der Waals surface area contributed by atoms with E-state index in [9.17, 15) is 4.79 Å². The number of hydrogen-bond donors (Lipinski definition) is 1. The first-order valence-electron chi connectivity index (χ1n) is 3.79. The van der Waals surface area contributed by atoms with E-state index in [0.717, 1.165) is 18.7 Å². The summed E-state index contributed by atoms with van der Waals surface area (Å²) in [6, 6.07) is 0. The molecule has 0 bridgehead atoms. The molecule has 0 spiro atoms. The van der Waals surface area contributed by atoms with E-state index in [1.54, 1.807) is 0 Å². The number of aliphatic imine (C=N–C) groups is 1. The molecule has 0 radical (unpaired) electrons. The number of fused-ring (bicyclic) bond motifs is 1. The number of amides is 1. The highest BCUT2D eigenvalue weighted by Gasteiger charge is 2.25. The van der Waals surface area contributed by atoms with Crippen LogP contribution in [0.2, 0.25) is 0 Å². The lowest BCUT2D eigenvalue weighted by molar-refractivity contribution is -0.124. The van der Waals surface area contributed by atoms with Crippen LogP contribution in [0.5, 0.6) is 0 Å². The summed E-state index contributed by atoms with van der Waals surface area (Å²) in [4.78, 5) is 14.7. The number of ether oxygens (including phenoxy) is 1. The molecule has 4 nitrogen and oxygen atoms in total. The van der Waals surface area contributed by atoms with Gasteiger partial charge >= 0.3 is 0 Å². The van der Waals surface area contributed by atoms with Gasteiger partial charge in [-0.3, -0.25) is 4.79 Å². The van der Waals surface area contributed by atoms with Gasteiger partial charge in [0.05, 0.1) is 11.8 Å². The topological polar surface area (TPSA) is 50.7 Å². The third-order valence-electron chi connectivity index (χ3n) is 1.94. The first kappa shape index (κ1) is 6.94. The normalized spacial score (nSPS) is 31.1. The zero-order valence-corrected chi connectivity index (χ0v) is 6.17. The molecule has 0 saturated carbocycles. The summed E-state index contributed by atoms with van der Waals surface area (Å²) in [5.41, 5.74) is 0.868. The summed E-state index contributed by atoms with van der Waals surface area (Å²) in [6.07, 6.45) is 1.04. The predicted octanol–water partition coefficient (Wildman–Crippen LogP) is -0.654. The number of carbonyl (C=O) groups is 1. The Morgan fingerprint density at radius 1 is 1.64 bits per heavy atom. The number of hydrogen-bond acceptors (Lipinski definition) is 3. The third-order valence-corrected chi connectivity index (χ3v) is 1.94. The highest BCUT2D eigenvalue weighted by Crippen LogP contribution is 2.09. The van der Waals surface area contributed by atoms with Gasteiger partial charge in [-0.25, -0.2) is 4.99 Å². The van der Waals surface area contributed by atoms with Gasteiger partial charge in [-0.05, 0) is 13.0 Å². The number of carbonyl (C=O) groups excluding carboxylic acids is 1. The quantitative estimate of drug-likeness (QED) is 0.504. The fourth-order valence-electron chi connectivity index (χ4n) is 1.39. The molecule has 11 heavy (non-hydrogen) atoms. The molecule has 1 N–H and O–H groups in total. The number of nitrogens with one attached hydrogen (secondary N) is 1. The SMILES string of the molecule is O=C1COC2CCNCC2=N1. The van der Waals surface area contributed by atoms with Crippen LogP contribution in [0.1, 0.15) is 6.42 Å². The molecule has 0 aliphatic carbocycles. The van der Waals surface area contributed by atoms with E-state index in [1.807, 2.05) is 0 Å². The van der Waals surface area contributed by atoms with Crippen LogP contribution in [0.4, 0.5) is 0 Å². The van der Waals surface area contributed by atoms with Crippen LogP contribution < -0.4 is 5.32 Å². The predicted molar refractivity (Wildman–Crippen MR) is 39.7 cm³/mol. The van der Waals surface area contributed by atoms with Gasteiger partial charge in [0.15, 0.2) is 0 Å². The molecule has 1 amide bonds. The summed E-state index contributed by atoms with van der Waals surface area (Å²) >= 11 is 0. The Bertz CT molecular complexity index is 212. The lowest BCUT2D eigenvalue weighted by atomic mass is 10.1. The van der Waals surface area contributed by atoms with Crippen molar-refractivity contribution in [2.75, 3.05) is 19.7 Å². The molecule has 1 saturated heterocycles. The van der Waals surface area contributed by atoms with Crippen molar-refractivity contribution in [2.24, 2.45) is 4.99 Å². The van der Waals surface area contributed by atoms with Crippen molar-refractivity contribution in [3.63, 3.8) is 0 Å². The fraction of sp³-hybridized carbons (Fsp3) is 0.714. The Morgan fingerprint density at radius 3 is 3.45 bits per heavy atom. The largest absolute Gasteiger partial charge is 0.362 e. The van der Waals surface area contributed by atoms with Gasteiger partial charge in [0.2, 0.25) is 0 Å². The van der Waals surface area contributed by atoms with Crippen molar-refractivity contribution in [3.05, 3.63) is 0 Å². The van der Waals surface area contributed by atoms with Crippen LogP contribution in [0.15, 0.2) is 4.99 Å². The van der Waals surface area contributed by atoms with E-state index >= 15 is 0 Å². The first-order chi connectivity index (χ1) is 5.36. The Kier molecular flexibility index (Phi) is 1.71. The van der Waals surface area contributed by atoms with Crippen LogP contribution in [-0.4, -0.2) is 37.4 Å². The molecule has 0 aromatic carbocycles. The summed E-state index contributed by atoms with van der Waals surface area (Å²) in [5.74, 6) is -0.153. The van der Waals surface area contributed by atoms with Gasteiger partial charge in [-0.1, -0.05) is 0 Å². The summed E-state index contributed by atoms with van der Waals surface area (Å²) in [7, 11) is 0. The molecule has 4 heteroatoms. The van der Waals surface area contributed by atoms with Gasteiger partial charge < -0.3 is 10.1 Å². The lowest BCUT2D eigenvalue weighted by Crippen LogP contribution is -2.45. The van der Waals surface area contributed by atoms with E-state index < -0.39 is 0 Å². The monoisotopic (exact) mass is 154 g/mol. The van der Waals surface area contributed by atoms with E-state index in [0.29, 0.717) is 6.54 Å². The molecule has 0 aromatic rings.